The number of hydrogen-bond donors (Lipinski definition) is 2. The molecule has 0 heterocycles. The zero-order chi connectivity index (χ0) is 7.33. The zero-order valence-electron chi connectivity index (χ0n) is 4.44. The van der Waals surface area contributed by atoms with Gasteiger partial charge in [0, 0.05) is 5.82 Å². The van der Waals surface area contributed by atoms with Crippen LogP contribution in [0.2, 0.25) is 0 Å². The van der Waals surface area contributed by atoms with Gasteiger partial charge in [0.25, 0.3) is 0 Å². The van der Waals surface area contributed by atoms with E-state index in [9.17, 15) is 8.96 Å². The van der Waals surface area contributed by atoms with E-state index in [0.717, 1.165) is 12.2 Å². The van der Waals surface area contributed by atoms with Crippen molar-refractivity contribution in [1.82, 2.24) is 0 Å². The molecular weight excluding hydrogens is 146 g/mol. The van der Waals surface area contributed by atoms with Gasteiger partial charge in [0.05, 0.1) is 6.33 Å². The maximum absolute atomic E-state index is 11.1. The molecule has 9 heavy (non-hydrogen) atoms. The molecule has 0 bridgehead atoms. The second-order valence-corrected chi connectivity index (χ2v) is 2.73. The van der Waals surface area contributed by atoms with Crippen molar-refractivity contribution >= 4 is 7.60 Å². The summed E-state index contributed by atoms with van der Waals surface area (Å²) in [5.74, 6) is 0.614. The molecular formula is C4H6FO3P. The fraction of sp³-hybridized carbons (Fsp3) is 0. The van der Waals surface area contributed by atoms with E-state index < -0.39 is 7.60 Å². The second-order valence-electron chi connectivity index (χ2n) is 1.25. The van der Waals surface area contributed by atoms with Crippen LogP contribution in [0.15, 0.2) is 24.3 Å². The van der Waals surface area contributed by atoms with Crippen molar-refractivity contribution in [2.45, 2.75) is 0 Å². The summed E-state index contributed by atoms with van der Waals surface area (Å²) in [7, 11) is -4.09. The van der Waals surface area contributed by atoms with Gasteiger partial charge in [0.1, 0.15) is 0 Å². The van der Waals surface area contributed by atoms with Gasteiger partial charge in [0.2, 0.25) is 0 Å². The van der Waals surface area contributed by atoms with E-state index in [1.165, 1.54) is 0 Å². The Kier molecular flexibility index (Phi) is 3.39. The van der Waals surface area contributed by atoms with E-state index in [1.54, 1.807) is 0 Å². The highest BCUT2D eigenvalue weighted by atomic mass is 31.2. The molecule has 0 atom stereocenters. The molecule has 0 fully saturated rings. The van der Waals surface area contributed by atoms with E-state index in [-0.39, 0.29) is 6.33 Å². The van der Waals surface area contributed by atoms with Crippen LogP contribution in [0.4, 0.5) is 4.39 Å². The second kappa shape index (κ2) is 3.56. The Bertz CT molecular complexity index is 169. The Morgan fingerprint density at radius 3 is 2.22 bits per heavy atom. The molecule has 0 aromatic carbocycles. The Morgan fingerprint density at radius 2 is 1.89 bits per heavy atom. The molecule has 52 valence electrons. The fourth-order valence-corrected chi connectivity index (χ4v) is 0.527. The van der Waals surface area contributed by atoms with Crippen molar-refractivity contribution in [3.8, 4) is 0 Å². The fourth-order valence-electron chi connectivity index (χ4n) is 0.204. The van der Waals surface area contributed by atoms with E-state index in [2.05, 4.69) is 0 Å². The van der Waals surface area contributed by atoms with Gasteiger partial charge in [-0.15, -0.1) is 0 Å². The molecule has 0 aromatic heterocycles. The van der Waals surface area contributed by atoms with E-state index in [4.69, 9.17) is 9.79 Å². The quantitative estimate of drug-likeness (QED) is 0.461. The smallest absolute Gasteiger partial charge is 0.321 e. The molecule has 2 N–H and O–H groups in total. The topological polar surface area (TPSA) is 57.5 Å². The normalized spacial score (nSPS) is 13.7. The lowest BCUT2D eigenvalue weighted by Crippen LogP contribution is -1.66. The van der Waals surface area contributed by atoms with Gasteiger partial charge in [-0.1, -0.05) is 6.08 Å². The summed E-state index contributed by atoms with van der Waals surface area (Å²) >= 11 is 0. The van der Waals surface area contributed by atoms with Crippen LogP contribution in [0, 0.1) is 0 Å². The molecule has 5 heteroatoms. The summed E-state index contributed by atoms with van der Waals surface area (Å²) in [6.07, 6.45) is 2.02. The highest BCUT2D eigenvalue weighted by Crippen LogP contribution is 2.35. The Hall–Kier alpha value is -0.440. The van der Waals surface area contributed by atoms with Gasteiger partial charge in [-0.25, -0.2) is 4.39 Å². The van der Waals surface area contributed by atoms with Crippen molar-refractivity contribution in [3.05, 3.63) is 24.3 Å². The van der Waals surface area contributed by atoms with Crippen LogP contribution in [0.3, 0.4) is 0 Å². The molecule has 0 aromatic rings. The summed E-state index contributed by atoms with van der Waals surface area (Å²) in [5.41, 5.74) is 0. The minimum atomic E-state index is -4.09. The first-order valence-corrected chi connectivity index (χ1v) is 3.74. The van der Waals surface area contributed by atoms with Crippen LogP contribution in [-0.4, -0.2) is 9.79 Å². The number of rotatable bonds is 2. The molecule has 0 aliphatic rings. The van der Waals surface area contributed by atoms with Crippen molar-refractivity contribution in [2.75, 3.05) is 0 Å². The molecule has 0 aliphatic heterocycles. The SMILES string of the molecule is O=P(O)(O)C=CC=CF. The summed E-state index contributed by atoms with van der Waals surface area (Å²) < 4.78 is 21.0. The first-order chi connectivity index (χ1) is 4.06. The molecule has 3 nitrogen and oxygen atoms in total. The van der Waals surface area contributed by atoms with Crippen LogP contribution in [0.5, 0.6) is 0 Å². The number of allylic oxidation sites excluding steroid dienone is 2. The van der Waals surface area contributed by atoms with E-state index in [0.29, 0.717) is 5.82 Å². The molecule has 0 aliphatic carbocycles. The standard InChI is InChI=1S/C4H6FO3P/c5-3-1-2-4-9(6,7)8/h1-4H,(H2,6,7,8). The van der Waals surface area contributed by atoms with Gasteiger partial charge in [0.15, 0.2) is 0 Å². The number of hydrogen-bond acceptors (Lipinski definition) is 1. The molecule has 0 unspecified atom stereocenters. The summed E-state index contributed by atoms with van der Waals surface area (Å²) in [5, 5.41) is 0. The van der Waals surface area contributed by atoms with Gasteiger partial charge in [-0.05, 0) is 6.08 Å². The van der Waals surface area contributed by atoms with Crippen molar-refractivity contribution in [3.63, 3.8) is 0 Å². The first kappa shape index (κ1) is 8.56. The van der Waals surface area contributed by atoms with Crippen LogP contribution in [0.25, 0.3) is 0 Å². The zero-order valence-corrected chi connectivity index (χ0v) is 5.33. The van der Waals surface area contributed by atoms with Gasteiger partial charge < -0.3 is 9.79 Å². The summed E-state index contributed by atoms with van der Waals surface area (Å²) in [6, 6.07) is 0. The molecule has 0 saturated heterocycles. The van der Waals surface area contributed by atoms with Crippen LogP contribution < -0.4 is 0 Å². The molecule has 0 amide bonds. The Balaban J connectivity index is 3.86. The van der Waals surface area contributed by atoms with Gasteiger partial charge in [-0.2, -0.15) is 0 Å². The maximum atomic E-state index is 11.1. The minimum Gasteiger partial charge on any atom is -0.321 e. The summed E-state index contributed by atoms with van der Waals surface area (Å²) in [6.45, 7) is 0. The van der Waals surface area contributed by atoms with Gasteiger partial charge >= 0.3 is 7.60 Å². The lowest BCUT2D eigenvalue weighted by molar-refractivity contribution is 0.386. The van der Waals surface area contributed by atoms with Crippen LogP contribution in [0.1, 0.15) is 0 Å². The van der Waals surface area contributed by atoms with E-state index in [1.807, 2.05) is 0 Å². The molecule has 0 radical (unpaired) electrons. The predicted molar refractivity (Wildman–Crippen MR) is 31.4 cm³/mol. The van der Waals surface area contributed by atoms with Crippen molar-refractivity contribution in [1.29, 1.82) is 0 Å². The first-order valence-electron chi connectivity index (χ1n) is 2.06. The predicted octanol–water partition coefficient (Wildman–Crippen LogP) is 1.16. The third kappa shape index (κ3) is 7.56. The average Bonchev–Trinajstić information content (AvgIpc) is 1.63. The lowest BCUT2D eigenvalue weighted by atomic mass is 10.6. The molecule has 0 saturated carbocycles. The molecule has 0 rings (SSSR count). The third-order valence-electron chi connectivity index (χ3n) is 0.464. The highest BCUT2D eigenvalue weighted by Gasteiger charge is 2.03. The van der Waals surface area contributed by atoms with Gasteiger partial charge in [-0.3, -0.25) is 4.57 Å². The monoisotopic (exact) mass is 152 g/mol. The van der Waals surface area contributed by atoms with E-state index >= 15 is 0 Å². The average molecular weight is 152 g/mol. The Morgan fingerprint density at radius 1 is 1.33 bits per heavy atom. The third-order valence-corrected chi connectivity index (χ3v) is 1.02. The number of halogens is 1. The van der Waals surface area contributed by atoms with Crippen LogP contribution >= 0.6 is 7.60 Å². The van der Waals surface area contributed by atoms with Crippen molar-refractivity contribution in [2.24, 2.45) is 0 Å². The maximum Gasteiger partial charge on any atom is 0.349 e. The lowest BCUT2D eigenvalue weighted by Gasteiger charge is -1.89. The Labute approximate surface area is 51.7 Å². The summed E-state index contributed by atoms with van der Waals surface area (Å²) in [4.78, 5) is 16.2. The van der Waals surface area contributed by atoms with Crippen molar-refractivity contribution < 1.29 is 18.7 Å². The van der Waals surface area contributed by atoms with Crippen LogP contribution in [-0.2, 0) is 4.57 Å². The highest BCUT2D eigenvalue weighted by molar-refractivity contribution is 7.55. The largest absolute Gasteiger partial charge is 0.349 e. The molecule has 0 spiro atoms. The minimum absolute atomic E-state index is 0.187.